The Morgan fingerprint density at radius 3 is 2.13 bits per heavy atom. The van der Waals surface area contributed by atoms with Crippen molar-refractivity contribution < 1.29 is 4.79 Å². The smallest absolute Gasteiger partial charge is 0.226 e. The summed E-state index contributed by atoms with van der Waals surface area (Å²) in [6.07, 6.45) is 2.72. The summed E-state index contributed by atoms with van der Waals surface area (Å²) in [5.41, 5.74) is 6.19. The van der Waals surface area contributed by atoms with E-state index in [1.165, 1.54) is 27.8 Å². The molecule has 3 aromatic carbocycles. The molecular weight excluding hydrogens is 368 g/mol. The lowest BCUT2D eigenvalue weighted by Gasteiger charge is -2.40. The van der Waals surface area contributed by atoms with Crippen LogP contribution in [0.25, 0.3) is 11.1 Å². The largest absolute Gasteiger partial charge is 0.352 e. The molecule has 1 saturated heterocycles. The summed E-state index contributed by atoms with van der Waals surface area (Å²) in [6.45, 7) is 3.55. The number of hydrogen-bond acceptors (Lipinski definition) is 2. The first-order valence-corrected chi connectivity index (χ1v) is 10.9. The second-order valence-electron chi connectivity index (χ2n) is 8.75. The Hall–Kier alpha value is -2.91. The zero-order chi connectivity index (χ0) is 20.4. The summed E-state index contributed by atoms with van der Waals surface area (Å²) in [7, 11) is 0. The molecule has 0 aromatic heterocycles. The number of likely N-dealkylation sites (tertiary alicyclic amines) is 1. The van der Waals surface area contributed by atoms with Gasteiger partial charge in [0.25, 0.3) is 0 Å². The molecule has 0 radical (unpaired) electrons. The molecule has 2 heterocycles. The molecule has 0 atom stereocenters. The van der Waals surface area contributed by atoms with Gasteiger partial charge < -0.3 is 5.32 Å². The zero-order valence-electron chi connectivity index (χ0n) is 17.3. The number of rotatable bonds is 3. The van der Waals surface area contributed by atoms with Crippen molar-refractivity contribution in [1.29, 1.82) is 0 Å². The average Bonchev–Trinajstić information content (AvgIpc) is 2.93. The monoisotopic (exact) mass is 396 g/mol. The van der Waals surface area contributed by atoms with Crippen LogP contribution >= 0.6 is 0 Å². The van der Waals surface area contributed by atoms with E-state index in [1.54, 1.807) is 0 Å². The lowest BCUT2D eigenvalue weighted by Crippen LogP contribution is -2.48. The fourth-order valence-corrected chi connectivity index (χ4v) is 4.94. The van der Waals surface area contributed by atoms with Crippen molar-refractivity contribution in [2.45, 2.75) is 32.4 Å². The molecule has 1 N–H and O–H groups in total. The van der Waals surface area contributed by atoms with Crippen LogP contribution < -0.4 is 5.32 Å². The van der Waals surface area contributed by atoms with E-state index in [2.05, 4.69) is 83.0 Å². The molecule has 2 aliphatic rings. The summed E-state index contributed by atoms with van der Waals surface area (Å²) in [5, 5.41) is 3.19. The molecule has 1 spiro atoms. The minimum Gasteiger partial charge on any atom is -0.352 e. The van der Waals surface area contributed by atoms with Crippen molar-refractivity contribution in [3.8, 4) is 11.1 Å². The van der Waals surface area contributed by atoms with E-state index in [0.29, 0.717) is 6.54 Å². The third-order valence-electron chi connectivity index (χ3n) is 6.85. The Bertz CT molecular complexity index is 1020. The summed E-state index contributed by atoms with van der Waals surface area (Å²) in [4.78, 5) is 15.5. The van der Waals surface area contributed by atoms with Gasteiger partial charge in [-0.2, -0.15) is 0 Å². The maximum absolute atomic E-state index is 13.0. The normalized spacial score (nSPS) is 18.5. The van der Waals surface area contributed by atoms with Crippen LogP contribution in [0, 0.1) is 5.41 Å². The quantitative estimate of drug-likeness (QED) is 0.689. The van der Waals surface area contributed by atoms with E-state index in [1.807, 2.05) is 6.07 Å². The maximum atomic E-state index is 13.0. The highest BCUT2D eigenvalue weighted by molar-refractivity contribution is 5.84. The molecule has 30 heavy (non-hydrogen) atoms. The number of piperidine rings is 1. The molecule has 2 aliphatic heterocycles. The van der Waals surface area contributed by atoms with Crippen LogP contribution in [0.2, 0.25) is 0 Å². The Labute approximate surface area is 178 Å². The average molecular weight is 397 g/mol. The summed E-state index contributed by atoms with van der Waals surface area (Å²) < 4.78 is 0. The highest BCUT2D eigenvalue weighted by Gasteiger charge is 2.42. The van der Waals surface area contributed by atoms with Crippen molar-refractivity contribution >= 4 is 5.91 Å². The molecule has 152 valence electrons. The molecule has 3 aromatic rings. The van der Waals surface area contributed by atoms with Crippen LogP contribution in [0.5, 0.6) is 0 Å². The molecule has 0 aliphatic carbocycles. The van der Waals surface area contributed by atoms with Crippen LogP contribution in [0.15, 0.2) is 78.9 Å². The van der Waals surface area contributed by atoms with Crippen molar-refractivity contribution in [2.75, 3.05) is 13.1 Å². The highest BCUT2D eigenvalue weighted by atomic mass is 16.2. The Morgan fingerprint density at radius 1 is 0.767 bits per heavy atom. The van der Waals surface area contributed by atoms with Crippen LogP contribution in [-0.4, -0.2) is 23.9 Å². The topological polar surface area (TPSA) is 32.3 Å². The van der Waals surface area contributed by atoms with Gasteiger partial charge in [0.05, 0.1) is 5.41 Å². The molecule has 0 unspecified atom stereocenters. The predicted octanol–water partition coefficient (Wildman–Crippen LogP) is 4.81. The SMILES string of the molecule is O=C1NCc2ccccc2CC12CCN(Cc1ccc(-c3ccccc3)cc1)CC2. The van der Waals surface area contributed by atoms with E-state index in [0.717, 1.165) is 38.9 Å². The van der Waals surface area contributed by atoms with E-state index in [9.17, 15) is 4.79 Å². The van der Waals surface area contributed by atoms with Crippen molar-refractivity contribution in [1.82, 2.24) is 10.2 Å². The number of amides is 1. The third-order valence-corrected chi connectivity index (χ3v) is 6.85. The third kappa shape index (κ3) is 3.78. The van der Waals surface area contributed by atoms with Crippen LogP contribution in [0.1, 0.15) is 29.5 Å². The van der Waals surface area contributed by atoms with E-state index in [4.69, 9.17) is 0 Å². The zero-order valence-corrected chi connectivity index (χ0v) is 17.3. The van der Waals surface area contributed by atoms with Crippen molar-refractivity contribution in [3.63, 3.8) is 0 Å². The van der Waals surface area contributed by atoms with E-state index in [-0.39, 0.29) is 11.3 Å². The van der Waals surface area contributed by atoms with E-state index < -0.39 is 0 Å². The molecule has 1 amide bonds. The lowest BCUT2D eigenvalue weighted by molar-refractivity contribution is -0.133. The first-order chi connectivity index (χ1) is 14.7. The Balaban J connectivity index is 1.24. The van der Waals surface area contributed by atoms with Gasteiger partial charge in [-0.25, -0.2) is 0 Å². The minimum absolute atomic E-state index is 0.241. The number of nitrogens with zero attached hydrogens (tertiary/aromatic N) is 1. The first-order valence-electron chi connectivity index (χ1n) is 10.9. The first kappa shape index (κ1) is 19.1. The van der Waals surface area contributed by atoms with Crippen LogP contribution in [0.4, 0.5) is 0 Å². The number of carbonyl (C=O) groups excluding carboxylic acids is 1. The molecule has 3 heteroatoms. The number of fused-ring (bicyclic) bond motifs is 1. The van der Waals surface area contributed by atoms with Gasteiger partial charge in [-0.05, 0) is 60.2 Å². The van der Waals surface area contributed by atoms with Gasteiger partial charge in [-0.15, -0.1) is 0 Å². The lowest BCUT2D eigenvalue weighted by atomic mass is 9.73. The Morgan fingerprint density at radius 2 is 1.40 bits per heavy atom. The summed E-state index contributed by atoms with van der Waals surface area (Å²) in [5.74, 6) is 0.241. The molecule has 0 bridgehead atoms. The van der Waals surface area contributed by atoms with Gasteiger partial charge in [-0.3, -0.25) is 9.69 Å². The second kappa shape index (κ2) is 8.08. The Kier molecular flexibility index (Phi) is 5.14. The number of carbonyl (C=O) groups is 1. The highest BCUT2D eigenvalue weighted by Crippen LogP contribution is 2.38. The van der Waals surface area contributed by atoms with Crippen LogP contribution in [0.3, 0.4) is 0 Å². The van der Waals surface area contributed by atoms with E-state index >= 15 is 0 Å². The van der Waals surface area contributed by atoms with Gasteiger partial charge in [0, 0.05) is 13.1 Å². The second-order valence-corrected chi connectivity index (χ2v) is 8.75. The minimum atomic E-state index is -0.250. The molecule has 5 rings (SSSR count). The van der Waals surface area contributed by atoms with Gasteiger partial charge >= 0.3 is 0 Å². The van der Waals surface area contributed by atoms with Gasteiger partial charge in [0.2, 0.25) is 5.91 Å². The fraction of sp³-hybridized carbons (Fsp3) is 0.296. The molecule has 0 saturated carbocycles. The van der Waals surface area contributed by atoms with Crippen molar-refractivity contribution in [3.05, 3.63) is 95.6 Å². The standard InChI is InChI=1S/C27H28N2O/c30-26-27(18-24-8-4-5-9-25(24)19-28-26)14-16-29(17-15-27)20-21-10-12-23(13-11-21)22-6-2-1-3-7-22/h1-13H,14-20H2,(H,28,30). The molecular formula is C27H28N2O. The molecule has 3 nitrogen and oxygen atoms in total. The number of benzene rings is 3. The number of hydrogen-bond donors (Lipinski definition) is 1. The molecule has 1 fully saturated rings. The van der Waals surface area contributed by atoms with Gasteiger partial charge in [0.15, 0.2) is 0 Å². The predicted molar refractivity (Wildman–Crippen MR) is 121 cm³/mol. The fourth-order valence-electron chi connectivity index (χ4n) is 4.94. The van der Waals surface area contributed by atoms with Crippen LogP contribution in [-0.2, 0) is 24.3 Å². The van der Waals surface area contributed by atoms with Gasteiger partial charge in [-0.1, -0.05) is 78.9 Å². The summed E-state index contributed by atoms with van der Waals surface area (Å²) in [6, 6.07) is 27.9. The van der Waals surface area contributed by atoms with Crippen molar-refractivity contribution in [2.24, 2.45) is 5.41 Å². The number of nitrogens with one attached hydrogen (secondary N) is 1. The maximum Gasteiger partial charge on any atom is 0.226 e. The summed E-state index contributed by atoms with van der Waals surface area (Å²) >= 11 is 0. The van der Waals surface area contributed by atoms with Gasteiger partial charge in [0.1, 0.15) is 0 Å².